The third kappa shape index (κ3) is 3.07. The number of nitrogens with two attached hydrogens (primary N) is 1. The summed E-state index contributed by atoms with van der Waals surface area (Å²) in [6.07, 6.45) is 3.25. The van der Waals surface area contributed by atoms with Crippen LogP contribution in [-0.2, 0) is 4.79 Å². The molecule has 1 heterocycles. The van der Waals surface area contributed by atoms with Gasteiger partial charge in [0.15, 0.2) is 0 Å². The average Bonchev–Trinajstić information content (AvgIpc) is 2.46. The molecule has 1 aromatic carbocycles. The van der Waals surface area contributed by atoms with Crippen LogP contribution in [0.4, 0.5) is 5.69 Å². The molecule has 3 N–H and O–H groups in total. The Labute approximate surface area is 114 Å². The molecule has 0 radical (unpaired) electrons. The number of rotatable bonds is 4. The summed E-state index contributed by atoms with van der Waals surface area (Å²) in [5.74, 6) is -0.252. The Morgan fingerprint density at radius 1 is 1.42 bits per heavy atom. The molecular formula is C15H22N2O2. The van der Waals surface area contributed by atoms with Crippen LogP contribution in [0.5, 0.6) is 0 Å². The molecule has 19 heavy (non-hydrogen) atoms. The molecule has 4 heteroatoms. The van der Waals surface area contributed by atoms with Gasteiger partial charge < -0.3 is 15.7 Å². The molecular weight excluding hydrogens is 240 g/mol. The summed E-state index contributed by atoms with van der Waals surface area (Å²) in [6, 6.07) is 7.59. The van der Waals surface area contributed by atoms with Gasteiger partial charge >= 0.3 is 0 Å². The van der Waals surface area contributed by atoms with Crippen LogP contribution in [0.1, 0.15) is 44.3 Å². The second kappa shape index (κ2) is 6.06. The third-order valence-corrected chi connectivity index (χ3v) is 3.83. The van der Waals surface area contributed by atoms with Gasteiger partial charge in [-0.15, -0.1) is 0 Å². The van der Waals surface area contributed by atoms with Gasteiger partial charge in [-0.3, -0.25) is 4.79 Å². The Bertz CT molecular complexity index is 430. The molecule has 1 aromatic rings. The van der Waals surface area contributed by atoms with E-state index < -0.39 is 6.10 Å². The van der Waals surface area contributed by atoms with Crippen molar-refractivity contribution in [1.29, 1.82) is 0 Å². The number of carbonyl (C=O) groups is 1. The number of carbonyl (C=O) groups excluding carboxylic acids is 1. The Morgan fingerprint density at radius 2 is 2.11 bits per heavy atom. The first-order chi connectivity index (χ1) is 9.13. The zero-order valence-corrected chi connectivity index (χ0v) is 11.4. The number of aliphatic hydroxyl groups excluding tert-OH is 1. The third-order valence-electron chi connectivity index (χ3n) is 3.83. The van der Waals surface area contributed by atoms with Gasteiger partial charge in [0, 0.05) is 12.2 Å². The monoisotopic (exact) mass is 262 g/mol. The summed E-state index contributed by atoms with van der Waals surface area (Å²) in [5, 5.41) is 9.78. The fourth-order valence-corrected chi connectivity index (χ4v) is 2.66. The van der Waals surface area contributed by atoms with Gasteiger partial charge in [-0.05, 0) is 43.4 Å². The lowest BCUT2D eigenvalue weighted by atomic mass is 10.00. The first-order valence-electron chi connectivity index (χ1n) is 6.97. The molecule has 4 nitrogen and oxygen atoms in total. The van der Waals surface area contributed by atoms with Crippen molar-refractivity contribution in [2.45, 2.75) is 44.8 Å². The molecule has 0 spiro atoms. The van der Waals surface area contributed by atoms with E-state index in [2.05, 4.69) is 4.90 Å². The fraction of sp³-hybridized carbons (Fsp3) is 0.533. The molecule has 1 amide bonds. The lowest BCUT2D eigenvalue weighted by molar-refractivity contribution is -0.119. The van der Waals surface area contributed by atoms with E-state index in [1.165, 1.54) is 0 Å². The van der Waals surface area contributed by atoms with Crippen LogP contribution < -0.4 is 10.6 Å². The molecule has 2 unspecified atom stereocenters. The minimum Gasteiger partial charge on any atom is -0.388 e. The van der Waals surface area contributed by atoms with Gasteiger partial charge in [0.05, 0.1) is 6.10 Å². The standard InChI is InChI=1S/C15H22N2O2/c1-2-14(18)11-6-8-12(9-7-11)17-10-4-3-5-13(17)15(16)19/h6-9,13-14,18H,2-5,10H2,1H3,(H2,16,19). The predicted molar refractivity (Wildman–Crippen MR) is 75.9 cm³/mol. The zero-order chi connectivity index (χ0) is 13.8. The van der Waals surface area contributed by atoms with E-state index in [0.29, 0.717) is 6.42 Å². The number of hydrogen-bond acceptors (Lipinski definition) is 3. The molecule has 104 valence electrons. The van der Waals surface area contributed by atoms with E-state index in [1.807, 2.05) is 31.2 Å². The number of nitrogens with zero attached hydrogens (tertiary/aromatic N) is 1. The van der Waals surface area contributed by atoms with Gasteiger partial charge in [0.1, 0.15) is 6.04 Å². The molecule has 0 saturated carbocycles. The molecule has 1 aliphatic heterocycles. The minimum absolute atomic E-state index is 0.198. The molecule has 1 aliphatic rings. The first kappa shape index (κ1) is 13.9. The quantitative estimate of drug-likeness (QED) is 0.872. The molecule has 0 aliphatic carbocycles. The topological polar surface area (TPSA) is 66.6 Å². The maximum Gasteiger partial charge on any atom is 0.240 e. The van der Waals surface area contributed by atoms with Gasteiger partial charge in [-0.1, -0.05) is 19.1 Å². The Kier molecular flexibility index (Phi) is 4.43. The van der Waals surface area contributed by atoms with Crippen LogP contribution in [0.3, 0.4) is 0 Å². The lowest BCUT2D eigenvalue weighted by Gasteiger charge is -2.35. The van der Waals surface area contributed by atoms with Crippen LogP contribution in [-0.4, -0.2) is 23.6 Å². The maximum atomic E-state index is 11.5. The number of aliphatic hydroxyl groups is 1. The van der Waals surface area contributed by atoms with Crippen molar-refractivity contribution in [3.8, 4) is 0 Å². The maximum absolute atomic E-state index is 11.5. The molecule has 2 rings (SSSR count). The van der Waals surface area contributed by atoms with Crippen molar-refractivity contribution in [3.05, 3.63) is 29.8 Å². The highest BCUT2D eigenvalue weighted by molar-refractivity contribution is 5.83. The van der Waals surface area contributed by atoms with Crippen molar-refractivity contribution in [2.75, 3.05) is 11.4 Å². The highest BCUT2D eigenvalue weighted by Gasteiger charge is 2.26. The van der Waals surface area contributed by atoms with E-state index in [-0.39, 0.29) is 11.9 Å². The highest BCUT2D eigenvalue weighted by Crippen LogP contribution is 2.26. The summed E-state index contributed by atoms with van der Waals surface area (Å²) in [7, 11) is 0. The molecule has 2 atom stereocenters. The zero-order valence-electron chi connectivity index (χ0n) is 11.4. The summed E-state index contributed by atoms with van der Waals surface area (Å²) in [6.45, 7) is 2.82. The number of primary amides is 1. The summed E-state index contributed by atoms with van der Waals surface area (Å²) in [4.78, 5) is 13.6. The predicted octanol–water partition coefficient (Wildman–Crippen LogP) is 1.97. The SMILES string of the molecule is CCC(O)c1ccc(N2CCCCC2C(N)=O)cc1. The summed E-state index contributed by atoms with van der Waals surface area (Å²) < 4.78 is 0. The van der Waals surface area contributed by atoms with Crippen molar-refractivity contribution in [3.63, 3.8) is 0 Å². The normalized spacial score (nSPS) is 21.2. The Morgan fingerprint density at radius 3 is 2.68 bits per heavy atom. The number of anilines is 1. The van der Waals surface area contributed by atoms with Crippen molar-refractivity contribution in [1.82, 2.24) is 0 Å². The van der Waals surface area contributed by atoms with E-state index in [1.54, 1.807) is 0 Å². The largest absolute Gasteiger partial charge is 0.388 e. The smallest absolute Gasteiger partial charge is 0.240 e. The fourth-order valence-electron chi connectivity index (χ4n) is 2.66. The van der Waals surface area contributed by atoms with E-state index in [9.17, 15) is 9.90 Å². The second-order valence-electron chi connectivity index (χ2n) is 5.12. The van der Waals surface area contributed by atoms with Crippen LogP contribution in [0.2, 0.25) is 0 Å². The number of piperidine rings is 1. The molecule has 0 aromatic heterocycles. The Hall–Kier alpha value is -1.55. The van der Waals surface area contributed by atoms with Crippen molar-refractivity contribution in [2.24, 2.45) is 5.73 Å². The van der Waals surface area contributed by atoms with E-state index >= 15 is 0 Å². The molecule has 1 fully saturated rings. The van der Waals surface area contributed by atoms with Gasteiger partial charge in [-0.25, -0.2) is 0 Å². The van der Waals surface area contributed by atoms with Crippen molar-refractivity contribution >= 4 is 11.6 Å². The van der Waals surface area contributed by atoms with Crippen LogP contribution >= 0.6 is 0 Å². The lowest BCUT2D eigenvalue weighted by Crippen LogP contribution is -2.47. The number of amides is 1. The van der Waals surface area contributed by atoms with E-state index in [0.717, 1.165) is 37.1 Å². The summed E-state index contributed by atoms with van der Waals surface area (Å²) in [5.41, 5.74) is 7.40. The highest BCUT2D eigenvalue weighted by atomic mass is 16.3. The Balaban J connectivity index is 2.18. The summed E-state index contributed by atoms with van der Waals surface area (Å²) >= 11 is 0. The first-order valence-corrected chi connectivity index (χ1v) is 6.97. The van der Waals surface area contributed by atoms with E-state index in [4.69, 9.17) is 5.73 Å². The second-order valence-corrected chi connectivity index (χ2v) is 5.12. The number of hydrogen-bond donors (Lipinski definition) is 2. The molecule has 1 saturated heterocycles. The van der Waals surface area contributed by atoms with Gasteiger partial charge in [0.25, 0.3) is 0 Å². The van der Waals surface area contributed by atoms with Gasteiger partial charge in [0.2, 0.25) is 5.91 Å². The van der Waals surface area contributed by atoms with Crippen LogP contribution in [0, 0.1) is 0 Å². The van der Waals surface area contributed by atoms with Crippen LogP contribution in [0.25, 0.3) is 0 Å². The number of benzene rings is 1. The van der Waals surface area contributed by atoms with Crippen molar-refractivity contribution < 1.29 is 9.90 Å². The minimum atomic E-state index is -0.414. The molecule has 0 bridgehead atoms. The van der Waals surface area contributed by atoms with Crippen LogP contribution in [0.15, 0.2) is 24.3 Å². The van der Waals surface area contributed by atoms with Gasteiger partial charge in [-0.2, -0.15) is 0 Å². The average molecular weight is 262 g/mol.